The molecule has 0 aliphatic heterocycles. The Morgan fingerprint density at radius 2 is 2.00 bits per heavy atom. The summed E-state index contributed by atoms with van der Waals surface area (Å²) in [6, 6.07) is 11.1. The quantitative estimate of drug-likeness (QED) is 0.845. The molecule has 18 heavy (non-hydrogen) atoms. The van der Waals surface area contributed by atoms with Gasteiger partial charge in [0.15, 0.2) is 0 Å². The van der Waals surface area contributed by atoms with Crippen molar-refractivity contribution in [3.05, 3.63) is 54.1 Å². The van der Waals surface area contributed by atoms with E-state index in [2.05, 4.69) is 59.0 Å². The van der Waals surface area contributed by atoms with Gasteiger partial charge in [0.1, 0.15) is 0 Å². The summed E-state index contributed by atoms with van der Waals surface area (Å²) in [7, 11) is 0. The normalized spacial score (nSPS) is 11.1. The van der Waals surface area contributed by atoms with E-state index in [0.29, 0.717) is 6.04 Å². The Kier molecular flexibility index (Phi) is 4.53. The van der Waals surface area contributed by atoms with Gasteiger partial charge in [0.25, 0.3) is 0 Å². The van der Waals surface area contributed by atoms with Gasteiger partial charge in [0.05, 0.1) is 12.0 Å². The van der Waals surface area contributed by atoms with E-state index in [1.54, 1.807) is 0 Å². The van der Waals surface area contributed by atoms with Crippen molar-refractivity contribution >= 4 is 0 Å². The lowest BCUT2D eigenvalue weighted by Crippen LogP contribution is -2.23. The van der Waals surface area contributed by atoms with Gasteiger partial charge in [-0.2, -0.15) is 0 Å². The molecule has 0 saturated carbocycles. The number of imidazole rings is 1. The molecule has 0 fully saturated rings. The van der Waals surface area contributed by atoms with Crippen molar-refractivity contribution < 1.29 is 0 Å². The van der Waals surface area contributed by atoms with Crippen LogP contribution in [-0.2, 0) is 19.5 Å². The molecule has 0 radical (unpaired) electrons. The maximum absolute atomic E-state index is 4.24. The van der Waals surface area contributed by atoms with E-state index in [-0.39, 0.29) is 0 Å². The van der Waals surface area contributed by atoms with Gasteiger partial charge < -0.3 is 9.88 Å². The van der Waals surface area contributed by atoms with Gasteiger partial charge in [-0.05, 0) is 12.0 Å². The molecule has 0 aliphatic carbocycles. The van der Waals surface area contributed by atoms with E-state index in [0.717, 1.165) is 19.5 Å². The number of hydrogen-bond donors (Lipinski definition) is 1. The van der Waals surface area contributed by atoms with Crippen LogP contribution in [0.15, 0.2) is 42.9 Å². The summed E-state index contributed by atoms with van der Waals surface area (Å²) in [4.78, 5) is 4.24. The molecular formula is C15H21N3. The van der Waals surface area contributed by atoms with Crippen LogP contribution in [0.1, 0.15) is 25.1 Å². The van der Waals surface area contributed by atoms with Gasteiger partial charge in [-0.15, -0.1) is 0 Å². The number of nitrogens with one attached hydrogen (secondary N) is 1. The van der Waals surface area contributed by atoms with Gasteiger partial charge in [-0.1, -0.05) is 44.2 Å². The molecule has 1 aromatic heterocycles. The van der Waals surface area contributed by atoms with E-state index < -0.39 is 0 Å². The molecule has 0 unspecified atom stereocenters. The molecule has 2 rings (SSSR count). The molecule has 0 bridgehead atoms. The zero-order chi connectivity index (χ0) is 12.8. The monoisotopic (exact) mass is 243 g/mol. The fraction of sp³-hybridized carbons (Fsp3) is 0.400. The highest BCUT2D eigenvalue weighted by atomic mass is 15.1. The first-order valence-corrected chi connectivity index (χ1v) is 6.52. The number of benzene rings is 1. The van der Waals surface area contributed by atoms with Crippen molar-refractivity contribution in [2.45, 2.75) is 39.4 Å². The van der Waals surface area contributed by atoms with Gasteiger partial charge in [0, 0.05) is 25.3 Å². The second-order valence-electron chi connectivity index (χ2n) is 4.85. The predicted molar refractivity (Wildman–Crippen MR) is 74.3 cm³/mol. The van der Waals surface area contributed by atoms with E-state index >= 15 is 0 Å². The second kappa shape index (κ2) is 6.36. The van der Waals surface area contributed by atoms with Crippen LogP contribution in [-0.4, -0.2) is 15.6 Å². The highest BCUT2D eigenvalue weighted by molar-refractivity contribution is 5.14. The molecule has 0 aliphatic rings. The van der Waals surface area contributed by atoms with E-state index in [9.17, 15) is 0 Å². The summed E-state index contributed by atoms with van der Waals surface area (Å²) in [6.07, 6.45) is 4.91. The van der Waals surface area contributed by atoms with Crippen LogP contribution in [0.2, 0.25) is 0 Å². The molecule has 0 atom stereocenters. The zero-order valence-corrected chi connectivity index (χ0v) is 11.1. The topological polar surface area (TPSA) is 29.9 Å². The zero-order valence-electron chi connectivity index (χ0n) is 11.1. The molecule has 96 valence electrons. The predicted octanol–water partition coefficient (Wildman–Crippen LogP) is 2.62. The average Bonchev–Trinajstić information content (AvgIpc) is 2.82. The van der Waals surface area contributed by atoms with Crippen LogP contribution in [0.25, 0.3) is 0 Å². The summed E-state index contributed by atoms with van der Waals surface area (Å²) in [6.45, 7) is 6.18. The maximum Gasteiger partial charge on any atom is 0.0948 e. The molecule has 0 saturated heterocycles. The largest absolute Gasteiger partial charge is 0.333 e. The molecule has 1 heterocycles. The van der Waals surface area contributed by atoms with Crippen molar-refractivity contribution in [1.29, 1.82) is 0 Å². The van der Waals surface area contributed by atoms with Crippen LogP contribution in [0.4, 0.5) is 0 Å². The number of aryl methyl sites for hydroxylation is 2. The molecule has 0 spiro atoms. The minimum absolute atomic E-state index is 0.502. The lowest BCUT2D eigenvalue weighted by Gasteiger charge is -2.11. The molecule has 1 N–H and O–H groups in total. The lowest BCUT2D eigenvalue weighted by molar-refractivity contribution is 0.554. The Morgan fingerprint density at radius 3 is 2.72 bits per heavy atom. The molecule has 3 nitrogen and oxygen atoms in total. The van der Waals surface area contributed by atoms with Crippen LogP contribution >= 0.6 is 0 Å². The fourth-order valence-electron chi connectivity index (χ4n) is 1.90. The third kappa shape index (κ3) is 3.70. The summed E-state index contributed by atoms with van der Waals surface area (Å²) in [5, 5.41) is 3.43. The SMILES string of the molecule is CC(C)NCc1cncn1CCc1ccccc1. The Balaban J connectivity index is 1.91. The second-order valence-corrected chi connectivity index (χ2v) is 4.85. The minimum Gasteiger partial charge on any atom is -0.333 e. The summed E-state index contributed by atoms with van der Waals surface area (Å²) in [5.74, 6) is 0. The number of aromatic nitrogens is 2. The Bertz CT molecular complexity index is 460. The number of hydrogen-bond acceptors (Lipinski definition) is 2. The van der Waals surface area contributed by atoms with Crippen molar-refractivity contribution in [2.24, 2.45) is 0 Å². The highest BCUT2D eigenvalue weighted by Crippen LogP contribution is 2.05. The van der Waals surface area contributed by atoms with E-state index in [1.165, 1.54) is 11.3 Å². The Labute approximate surface area is 109 Å². The standard InChI is InChI=1S/C15H21N3/c1-13(2)17-11-15-10-16-12-18(15)9-8-14-6-4-3-5-7-14/h3-7,10,12-13,17H,8-9,11H2,1-2H3. The third-order valence-electron chi connectivity index (χ3n) is 2.97. The van der Waals surface area contributed by atoms with Gasteiger partial charge in [0.2, 0.25) is 0 Å². The minimum atomic E-state index is 0.502. The molecule has 2 aromatic rings. The molecule has 0 amide bonds. The lowest BCUT2D eigenvalue weighted by atomic mass is 10.1. The van der Waals surface area contributed by atoms with Crippen molar-refractivity contribution in [3.8, 4) is 0 Å². The number of nitrogens with zero attached hydrogens (tertiary/aromatic N) is 2. The number of rotatable bonds is 6. The molecule has 3 heteroatoms. The van der Waals surface area contributed by atoms with Crippen molar-refractivity contribution in [2.75, 3.05) is 0 Å². The first kappa shape index (κ1) is 12.8. The molecule has 1 aromatic carbocycles. The summed E-state index contributed by atoms with van der Waals surface area (Å²) in [5.41, 5.74) is 2.62. The van der Waals surface area contributed by atoms with Crippen LogP contribution in [0.5, 0.6) is 0 Å². The van der Waals surface area contributed by atoms with Gasteiger partial charge in [-0.25, -0.2) is 4.98 Å². The van der Waals surface area contributed by atoms with Gasteiger partial charge in [-0.3, -0.25) is 0 Å². The summed E-state index contributed by atoms with van der Waals surface area (Å²) >= 11 is 0. The fourth-order valence-corrected chi connectivity index (χ4v) is 1.90. The van der Waals surface area contributed by atoms with Crippen LogP contribution in [0, 0.1) is 0 Å². The summed E-state index contributed by atoms with van der Waals surface area (Å²) < 4.78 is 2.22. The maximum atomic E-state index is 4.24. The Hall–Kier alpha value is -1.61. The van der Waals surface area contributed by atoms with Gasteiger partial charge >= 0.3 is 0 Å². The third-order valence-corrected chi connectivity index (χ3v) is 2.97. The highest BCUT2D eigenvalue weighted by Gasteiger charge is 2.03. The first-order valence-electron chi connectivity index (χ1n) is 6.52. The Morgan fingerprint density at radius 1 is 1.22 bits per heavy atom. The molecular weight excluding hydrogens is 222 g/mol. The van der Waals surface area contributed by atoms with Crippen LogP contribution in [0.3, 0.4) is 0 Å². The van der Waals surface area contributed by atoms with Crippen molar-refractivity contribution in [3.63, 3.8) is 0 Å². The van der Waals surface area contributed by atoms with Crippen molar-refractivity contribution in [1.82, 2.24) is 14.9 Å². The van der Waals surface area contributed by atoms with Crippen LogP contribution < -0.4 is 5.32 Å². The first-order chi connectivity index (χ1) is 8.75. The van der Waals surface area contributed by atoms with E-state index in [4.69, 9.17) is 0 Å². The average molecular weight is 243 g/mol. The smallest absolute Gasteiger partial charge is 0.0948 e. The van der Waals surface area contributed by atoms with E-state index in [1.807, 2.05) is 12.5 Å².